The fraction of sp³-hybridized carbons (Fsp3) is 0.148. The van der Waals surface area contributed by atoms with Gasteiger partial charge in [-0.2, -0.15) is 13.2 Å². The van der Waals surface area contributed by atoms with Crippen LogP contribution in [0.5, 0.6) is 11.5 Å². The van der Waals surface area contributed by atoms with Gasteiger partial charge in [0.2, 0.25) is 0 Å². The monoisotopic (exact) mass is 558 g/mol. The molecule has 3 aromatic rings. The molecule has 0 radical (unpaired) electrons. The van der Waals surface area contributed by atoms with E-state index in [1.165, 1.54) is 12.1 Å². The van der Waals surface area contributed by atoms with Gasteiger partial charge in [-0.05, 0) is 73.2 Å². The van der Waals surface area contributed by atoms with Crippen LogP contribution < -0.4 is 19.7 Å². The lowest BCUT2D eigenvalue weighted by molar-refractivity contribution is -0.137. The summed E-state index contributed by atoms with van der Waals surface area (Å²) in [5.74, 6) is 0.308. The molecule has 0 bridgehead atoms. The molecule has 196 valence electrons. The van der Waals surface area contributed by atoms with Gasteiger partial charge in [0.05, 0.1) is 22.8 Å². The summed E-state index contributed by atoms with van der Waals surface area (Å²) in [6.07, 6.45) is -2.94. The standard InChI is InChI=1S/C27H21F3N2O4S2/c1-2-35-21-12-8-19(9-13-21)31-24(33)16-36-22-10-6-17(7-11-22)14-23-25(34)32(26(37)38-23)20-5-3-4-18(15-20)27(28,29)30/h3-15H,2,16H2,1H3,(H,31,33)/b23-14-. The Kier molecular flexibility index (Phi) is 8.38. The largest absolute Gasteiger partial charge is 0.494 e. The molecular weight excluding hydrogens is 537 g/mol. The minimum absolute atomic E-state index is 0.0537. The molecule has 6 nitrogen and oxygen atoms in total. The number of hydrogen-bond donors (Lipinski definition) is 1. The van der Waals surface area contributed by atoms with Gasteiger partial charge in [0.25, 0.3) is 11.8 Å². The minimum Gasteiger partial charge on any atom is -0.494 e. The Morgan fingerprint density at radius 1 is 1.03 bits per heavy atom. The third-order valence-electron chi connectivity index (χ3n) is 5.22. The molecule has 3 aromatic carbocycles. The summed E-state index contributed by atoms with van der Waals surface area (Å²) < 4.78 is 50.3. The second-order valence-corrected chi connectivity index (χ2v) is 9.60. The number of amides is 2. The number of hydrogen-bond acceptors (Lipinski definition) is 6. The lowest BCUT2D eigenvalue weighted by atomic mass is 10.1. The lowest BCUT2D eigenvalue weighted by Gasteiger charge is -2.16. The number of benzene rings is 3. The Balaban J connectivity index is 1.36. The zero-order valence-electron chi connectivity index (χ0n) is 20.0. The number of carbonyl (C=O) groups excluding carboxylic acids is 2. The van der Waals surface area contributed by atoms with Gasteiger partial charge in [-0.15, -0.1) is 0 Å². The highest BCUT2D eigenvalue weighted by Crippen LogP contribution is 2.38. The van der Waals surface area contributed by atoms with Gasteiger partial charge in [0.15, 0.2) is 10.9 Å². The van der Waals surface area contributed by atoms with E-state index in [1.807, 2.05) is 6.92 Å². The molecule has 0 saturated carbocycles. The summed E-state index contributed by atoms with van der Waals surface area (Å²) in [4.78, 5) is 26.5. The Morgan fingerprint density at radius 3 is 2.34 bits per heavy atom. The Bertz CT molecular complexity index is 1370. The van der Waals surface area contributed by atoms with Crippen molar-refractivity contribution in [3.05, 3.63) is 88.8 Å². The van der Waals surface area contributed by atoms with Crippen molar-refractivity contribution in [3.63, 3.8) is 0 Å². The van der Waals surface area contributed by atoms with Gasteiger partial charge in [-0.25, -0.2) is 0 Å². The number of nitrogens with zero attached hydrogens (tertiary/aromatic N) is 1. The number of thioether (sulfide) groups is 1. The minimum atomic E-state index is -4.54. The van der Waals surface area contributed by atoms with E-state index in [-0.39, 0.29) is 27.4 Å². The lowest BCUT2D eigenvalue weighted by Crippen LogP contribution is -2.27. The Morgan fingerprint density at radius 2 is 1.68 bits per heavy atom. The molecule has 38 heavy (non-hydrogen) atoms. The van der Waals surface area contributed by atoms with Crippen molar-refractivity contribution in [1.29, 1.82) is 0 Å². The molecule has 0 atom stereocenters. The van der Waals surface area contributed by atoms with E-state index in [0.29, 0.717) is 29.4 Å². The number of ether oxygens (including phenoxy) is 2. The molecule has 0 spiro atoms. The predicted molar refractivity (Wildman–Crippen MR) is 145 cm³/mol. The molecule has 1 N–H and O–H groups in total. The summed E-state index contributed by atoms with van der Waals surface area (Å²) in [6.45, 7) is 2.23. The van der Waals surface area contributed by atoms with Gasteiger partial charge in [0.1, 0.15) is 11.5 Å². The van der Waals surface area contributed by atoms with E-state index >= 15 is 0 Å². The quantitative estimate of drug-likeness (QED) is 0.251. The number of rotatable bonds is 8. The summed E-state index contributed by atoms with van der Waals surface area (Å²) in [5, 5.41) is 2.73. The summed E-state index contributed by atoms with van der Waals surface area (Å²) in [5.41, 5.74) is 0.454. The highest BCUT2D eigenvalue weighted by Gasteiger charge is 2.36. The van der Waals surface area contributed by atoms with Crippen LogP contribution in [-0.4, -0.2) is 29.3 Å². The number of thiocarbonyl (C=S) groups is 1. The van der Waals surface area contributed by atoms with Gasteiger partial charge in [-0.1, -0.05) is 42.2 Å². The first-order valence-corrected chi connectivity index (χ1v) is 12.6. The molecule has 1 aliphatic rings. The number of nitrogens with one attached hydrogen (secondary N) is 1. The van der Waals surface area contributed by atoms with Crippen LogP contribution in [0.2, 0.25) is 0 Å². The molecule has 2 amide bonds. The molecular formula is C27H21F3N2O4S2. The summed E-state index contributed by atoms with van der Waals surface area (Å²) in [7, 11) is 0. The van der Waals surface area contributed by atoms with Crippen molar-refractivity contribution >= 4 is 57.6 Å². The summed E-state index contributed by atoms with van der Waals surface area (Å²) >= 11 is 6.26. The first-order chi connectivity index (χ1) is 18.1. The first kappa shape index (κ1) is 27.2. The average Bonchev–Trinajstić information content (AvgIpc) is 3.17. The van der Waals surface area contributed by atoms with Crippen LogP contribution >= 0.6 is 24.0 Å². The maximum atomic E-state index is 13.1. The fourth-order valence-corrected chi connectivity index (χ4v) is 4.77. The Hall–Kier alpha value is -3.83. The third kappa shape index (κ3) is 6.73. The molecule has 1 heterocycles. The van der Waals surface area contributed by atoms with E-state index in [9.17, 15) is 22.8 Å². The van der Waals surface area contributed by atoms with Crippen molar-refractivity contribution in [3.8, 4) is 11.5 Å². The second kappa shape index (κ2) is 11.7. The Labute approximate surface area is 226 Å². The van der Waals surface area contributed by atoms with Crippen LogP contribution in [0, 0.1) is 0 Å². The first-order valence-electron chi connectivity index (χ1n) is 11.3. The van der Waals surface area contributed by atoms with Crippen LogP contribution in [0.3, 0.4) is 0 Å². The van der Waals surface area contributed by atoms with Crippen LogP contribution in [0.4, 0.5) is 24.5 Å². The average molecular weight is 559 g/mol. The van der Waals surface area contributed by atoms with Crippen molar-refractivity contribution < 1.29 is 32.2 Å². The molecule has 1 aliphatic heterocycles. The third-order valence-corrected chi connectivity index (χ3v) is 6.52. The van der Waals surface area contributed by atoms with Crippen molar-refractivity contribution in [2.75, 3.05) is 23.4 Å². The molecule has 1 fully saturated rings. The summed E-state index contributed by atoms with van der Waals surface area (Å²) in [6, 6.07) is 18.1. The maximum Gasteiger partial charge on any atom is 0.416 e. The highest BCUT2D eigenvalue weighted by molar-refractivity contribution is 8.27. The van der Waals surface area contributed by atoms with Crippen molar-refractivity contribution in [1.82, 2.24) is 0 Å². The van der Waals surface area contributed by atoms with Crippen LogP contribution in [0.25, 0.3) is 6.08 Å². The predicted octanol–water partition coefficient (Wildman–Crippen LogP) is 6.53. The zero-order valence-corrected chi connectivity index (χ0v) is 21.6. The number of halogens is 3. The van der Waals surface area contributed by atoms with E-state index in [0.717, 1.165) is 28.8 Å². The fourth-order valence-electron chi connectivity index (χ4n) is 3.47. The maximum absolute atomic E-state index is 13.1. The van der Waals surface area contributed by atoms with Crippen LogP contribution in [0.1, 0.15) is 18.1 Å². The van der Waals surface area contributed by atoms with Crippen LogP contribution in [0.15, 0.2) is 77.7 Å². The van der Waals surface area contributed by atoms with E-state index in [1.54, 1.807) is 54.6 Å². The SMILES string of the molecule is CCOc1ccc(NC(=O)COc2ccc(/C=C3\SC(=S)N(c4cccc(C(F)(F)F)c4)C3=O)cc2)cc1. The second-order valence-electron chi connectivity index (χ2n) is 7.93. The normalized spacial score (nSPS) is 14.6. The number of anilines is 2. The van der Waals surface area contributed by atoms with Crippen molar-refractivity contribution in [2.24, 2.45) is 0 Å². The van der Waals surface area contributed by atoms with E-state index in [4.69, 9.17) is 21.7 Å². The van der Waals surface area contributed by atoms with Gasteiger partial charge >= 0.3 is 6.18 Å². The van der Waals surface area contributed by atoms with Gasteiger partial charge < -0.3 is 14.8 Å². The molecule has 4 rings (SSSR count). The topological polar surface area (TPSA) is 67.9 Å². The highest BCUT2D eigenvalue weighted by atomic mass is 32.2. The van der Waals surface area contributed by atoms with E-state index < -0.39 is 17.6 Å². The van der Waals surface area contributed by atoms with Gasteiger partial charge in [0, 0.05) is 5.69 Å². The number of alkyl halides is 3. The van der Waals surface area contributed by atoms with Crippen LogP contribution in [-0.2, 0) is 15.8 Å². The molecule has 0 unspecified atom stereocenters. The van der Waals surface area contributed by atoms with E-state index in [2.05, 4.69) is 5.32 Å². The van der Waals surface area contributed by atoms with Gasteiger partial charge in [-0.3, -0.25) is 14.5 Å². The zero-order chi connectivity index (χ0) is 27.3. The number of carbonyl (C=O) groups is 2. The molecule has 0 aliphatic carbocycles. The molecule has 0 aromatic heterocycles. The van der Waals surface area contributed by atoms with Crippen molar-refractivity contribution in [2.45, 2.75) is 13.1 Å². The molecule has 11 heteroatoms. The molecule has 1 saturated heterocycles. The smallest absolute Gasteiger partial charge is 0.416 e.